The summed E-state index contributed by atoms with van der Waals surface area (Å²) in [4.78, 5) is 40.1. The smallest absolute Gasteiger partial charge is 0.306 e. The number of phosphoric ester groups is 1. The highest BCUT2D eigenvalue weighted by molar-refractivity contribution is 7.45. The van der Waals surface area contributed by atoms with E-state index in [-0.39, 0.29) is 24.9 Å². The second kappa shape index (κ2) is 60.1. The first-order chi connectivity index (χ1) is 38.9. The third kappa shape index (κ3) is 60.6. The van der Waals surface area contributed by atoms with Crippen LogP contribution in [0.25, 0.3) is 0 Å². The van der Waals surface area contributed by atoms with Crippen molar-refractivity contribution in [2.75, 3.05) is 40.9 Å². The summed E-state index contributed by atoms with van der Waals surface area (Å²) < 4.78 is 30.4. The molecule has 3 unspecified atom stereocenters. The van der Waals surface area contributed by atoms with Gasteiger partial charge in [0.2, 0.25) is 5.91 Å². The minimum absolute atomic E-state index is 0.0239. The van der Waals surface area contributed by atoms with Gasteiger partial charge >= 0.3 is 5.97 Å². The van der Waals surface area contributed by atoms with Gasteiger partial charge in [0.15, 0.2) is 0 Å². The van der Waals surface area contributed by atoms with Crippen LogP contribution in [-0.2, 0) is 27.9 Å². The maximum Gasteiger partial charge on any atom is 0.306 e. The second-order valence-electron chi connectivity index (χ2n) is 24.7. The van der Waals surface area contributed by atoms with Crippen LogP contribution < -0.4 is 10.2 Å². The van der Waals surface area contributed by atoms with Crippen LogP contribution in [0, 0.1) is 0 Å². The van der Waals surface area contributed by atoms with Gasteiger partial charge in [0.25, 0.3) is 7.82 Å². The fourth-order valence-corrected chi connectivity index (χ4v) is 10.9. The number of ether oxygens (including phenoxy) is 1. The third-order valence-corrected chi connectivity index (χ3v) is 16.5. The molecule has 0 spiro atoms. The maximum atomic E-state index is 13.6. The molecule has 1 N–H and O–H groups in total. The van der Waals surface area contributed by atoms with E-state index in [0.29, 0.717) is 17.4 Å². The lowest BCUT2D eigenvalue weighted by Gasteiger charge is -2.30. The molecule has 0 radical (unpaired) electrons. The van der Waals surface area contributed by atoms with Crippen LogP contribution in [0.2, 0.25) is 0 Å². The van der Waals surface area contributed by atoms with Crippen LogP contribution in [0.5, 0.6) is 0 Å². The molecule has 0 saturated heterocycles. The van der Waals surface area contributed by atoms with Crippen molar-refractivity contribution in [3.05, 3.63) is 48.6 Å². The van der Waals surface area contributed by atoms with Crippen molar-refractivity contribution in [2.45, 2.75) is 348 Å². The number of rotatable bonds is 63. The molecule has 0 heterocycles. The second-order valence-corrected chi connectivity index (χ2v) is 26.1. The van der Waals surface area contributed by atoms with Crippen LogP contribution in [0.3, 0.4) is 0 Å². The van der Waals surface area contributed by atoms with Gasteiger partial charge in [-0.3, -0.25) is 14.2 Å². The van der Waals surface area contributed by atoms with Crippen molar-refractivity contribution in [3.63, 3.8) is 0 Å². The summed E-state index contributed by atoms with van der Waals surface area (Å²) >= 11 is 0. The quantitative estimate of drug-likeness (QED) is 0.0212. The van der Waals surface area contributed by atoms with Gasteiger partial charge in [-0.05, 0) is 70.3 Å². The molecule has 0 bridgehead atoms. The van der Waals surface area contributed by atoms with Crippen LogP contribution in [0.1, 0.15) is 335 Å². The first-order valence-electron chi connectivity index (χ1n) is 34.4. The van der Waals surface area contributed by atoms with E-state index in [4.69, 9.17) is 13.8 Å². The van der Waals surface area contributed by atoms with Crippen LogP contribution in [0.15, 0.2) is 48.6 Å². The summed E-state index contributed by atoms with van der Waals surface area (Å²) in [6.07, 6.45) is 75.1. The van der Waals surface area contributed by atoms with E-state index >= 15 is 0 Å². The molecular formula is C70H133N2O7P. The highest BCUT2D eigenvalue weighted by Gasteiger charge is 2.27. The van der Waals surface area contributed by atoms with Crippen LogP contribution >= 0.6 is 7.82 Å². The summed E-state index contributed by atoms with van der Waals surface area (Å²) in [6, 6.07) is -0.894. The summed E-state index contributed by atoms with van der Waals surface area (Å²) in [5, 5.41) is 3.03. The molecular weight excluding hydrogens is 1010 g/mol. The van der Waals surface area contributed by atoms with Gasteiger partial charge in [-0.15, -0.1) is 0 Å². The summed E-state index contributed by atoms with van der Waals surface area (Å²) in [5.41, 5.74) is 0. The van der Waals surface area contributed by atoms with Gasteiger partial charge in [-0.25, -0.2) is 0 Å². The molecule has 0 aromatic heterocycles. The average molecular weight is 1150 g/mol. The Labute approximate surface area is 497 Å². The largest absolute Gasteiger partial charge is 0.756 e. The summed E-state index contributed by atoms with van der Waals surface area (Å²) in [6.45, 7) is 6.85. The molecule has 80 heavy (non-hydrogen) atoms. The van der Waals surface area contributed by atoms with E-state index in [0.717, 1.165) is 89.9 Å². The molecule has 470 valence electrons. The molecule has 1 amide bonds. The SMILES string of the molecule is CCCCC/C=C\C/C=C\C/C=C\CCCCCCCCC(=O)NC(COP(=O)([O-])OCC[N+](C)(C)C)C(/C=C/CCCCCCCCCCCC)OC(=O)CCCCCCCCCCCCCCCCCCCCCCCCC. The molecule has 0 aromatic carbocycles. The third-order valence-electron chi connectivity index (χ3n) is 15.5. The lowest BCUT2D eigenvalue weighted by atomic mass is 10.0. The molecule has 0 fully saturated rings. The number of likely N-dealkylation sites (N-methyl/N-ethyl adjacent to an activating group) is 1. The van der Waals surface area contributed by atoms with Crippen LogP contribution in [0.4, 0.5) is 0 Å². The minimum atomic E-state index is -4.70. The van der Waals surface area contributed by atoms with Crippen molar-refractivity contribution in [3.8, 4) is 0 Å². The van der Waals surface area contributed by atoms with Crippen molar-refractivity contribution in [1.29, 1.82) is 0 Å². The molecule has 10 heteroatoms. The Morgan fingerprint density at radius 1 is 0.438 bits per heavy atom. The number of amides is 1. The first-order valence-corrected chi connectivity index (χ1v) is 35.9. The van der Waals surface area contributed by atoms with E-state index in [9.17, 15) is 19.0 Å². The van der Waals surface area contributed by atoms with Crippen LogP contribution in [-0.4, -0.2) is 69.4 Å². The number of hydrogen-bond donors (Lipinski definition) is 1. The fourth-order valence-electron chi connectivity index (χ4n) is 10.2. The van der Waals surface area contributed by atoms with Gasteiger partial charge in [0.05, 0.1) is 33.8 Å². The first kappa shape index (κ1) is 78.0. The molecule has 0 aliphatic carbocycles. The topological polar surface area (TPSA) is 114 Å². The predicted molar refractivity (Wildman–Crippen MR) is 344 cm³/mol. The Morgan fingerprint density at radius 2 is 0.762 bits per heavy atom. The molecule has 0 aromatic rings. The molecule has 9 nitrogen and oxygen atoms in total. The molecule has 0 saturated carbocycles. The maximum absolute atomic E-state index is 13.6. The number of quaternary nitrogens is 1. The number of unbranched alkanes of at least 4 members (excludes halogenated alkanes) is 41. The Bertz CT molecular complexity index is 1510. The number of carbonyl (C=O) groups excluding carboxylic acids is 2. The average Bonchev–Trinajstić information content (AvgIpc) is 3.42. The standard InChI is InChI=1S/C70H133N2O7P/c1-7-10-13-16-19-22-25-28-30-32-34-35-36-37-39-41-43-45-48-51-54-57-60-63-70(74)79-68(61-58-55-52-49-46-27-24-21-18-15-12-9-3)67(66-78-80(75,76)77-65-64-72(4,5)6)71-69(73)62-59-56-53-50-47-44-42-40-38-33-31-29-26-23-20-17-14-11-8-2/h20,23,29,31,38,40,58,61,67-68H,7-19,21-22,24-28,30,32-37,39,41-57,59-60,62-66H2,1-6H3,(H-,71,73,75,76)/b23-20-,31-29-,40-38-,61-58+. The predicted octanol–water partition coefficient (Wildman–Crippen LogP) is 21.0. The van der Waals surface area contributed by atoms with Crippen molar-refractivity contribution < 1.29 is 37.3 Å². The normalized spacial score (nSPS) is 13.8. The Hall–Kier alpha value is -2.03. The zero-order valence-corrected chi connectivity index (χ0v) is 54.7. The lowest BCUT2D eigenvalue weighted by molar-refractivity contribution is -0.870. The number of nitrogens with zero attached hydrogens (tertiary/aromatic N) is 1. The summed E-state index contributed by atoms with van der Waals surface area (Å²) in [5.74, 6) is -0.541. The highest BCUT2D eigenvalue weighted by atomic mass is 31.2. The van der Waals surface area contributed by atoms with Gasteiger partial charge in [-0.2, -0.15) is 0 Å². The zero-order chi connectivity index (χ0) is 58.6. The number of esters is 1. The van der Waals surface area contributed by atoms with Gasteiger partial charge in [0.1, 0.15) is 19.3 Å². The minimum Gasteiger partial charge on any atom is -0.756 e. The molecule has 3 atom stereocenters. The van der Waals surface area contributed by atoms with Gasteiger partial charge < -0.3 is 28.5 Å². The van der Waals surface area contributed by atoms with Crippen molar-refractivity contribution in [2.24, 2.45) is 0 Å². The Morgan fingerprint density at radius 3 is 1.16 bits per heavy atom. The van der Waals surface area contributed by atoms with Crippen molar-refractivity contribution >= 4 is 19.7 Å². The van der Waals surface area contributed by atoms with E-state index in [1.54, 1.807) is 0 Å². The van der Waals surface area contributed by atoms with Gasteiger partial charge in [0, 0.05) is 12.8 Å². The van der Waals surface area contributed by atoms with Crippen molar-refractivity contribution in [1.82, 2.24) is 5.32 Å². The number of phosphoric acid groups is 1. The Kier molecular flexibility index (Phi) is 58.6. The number of nitrogens with one attached hydrogen (secondary N) is 1. The molecule has 0 aliphatic rings. The summed E-state index contributed by atoms with van der Waals surface area (Å²) in [7, 11) is 1.19. The van der Waals surface area contributed by atoms with E-state index in [1.807, 2.05) is 33.3 Å². The van der Waals surface area contributed by atoms with E-state index in [2.05, 4.69) is 62.5 Å². The fraction of sp³-hybridized carbons (Fsp3) is 0.857. The Balaban J connectivity index is 5.11. The lowest BCUT2D eigenvalue weighted by Crippen LogP contribution is -2.47. The molecule has 0 rings (SSSR count). The highest BCUT2D eigenvalue weighted by Crippen LogP contribution is 2.38. The number of allylic oxidation sites excluding steroid dienone is 7. The van der Waals surface area contributed by atoms with E-state index in [1.165, 1.54) is 212 Å². The zero-order valence-electron chi connectivity index (χ0n) is 53.8. The van der Waals surface area contributed by atoms with E-state index < -0.39 is 26.6 Å². The number of hydrogen-bond acceptors (Lipinski definition) is 7. The van der Waals surface area contributed by atoms with Gasteiger partial charge in [-0.1, -0.05) is 301 Å². The molecule has 0 aliphatic heterocycles. The number of carbonyl (C=O) groups is 2. The monoisotopic (exact) mass is 1140 g/mol.